The van der Waals surface area contributed by atoms with E-state index in [1.807, 2.05) is 12.1 Å². The van der Waals surface area contributed by atoms with Gasteiger partial charge in [-0.25, -0.2) is 0 Å². The van der Waals surface area contributed by atoms with Crippen molar-refractivity contribution >= 4 is 106 Å². The standard InChI is InChI=1S/C11H10ClN3O2.C9H11N3O2.C7H6N2.3HI.V/c1-7(16)13-9-4-2-3-8(5-9)11-14-10(6-12)17-15-11;1-6(13)11-8-4-2-3-7(5-8)9(10)12-14;8-5-6-2-1-3-7(9)4-6;;;;/h2-5H,6H2,1H3,(H,13,16);2-5,14H,1H3,(H2,10,12)(H,11,13);1-4H,9H2;3*1H;/q;;;;;;+3/p-3. The van der Waals surface area contributed by atoms with E-state index in [-0.39, 0.29) is 28.5 Å². The molecule has 232 valence electrons. The fourth-order valence-corrected chi connectivity index (χ4v) is 3.10. The second kappa shape index (κ2) is 22.0. The van der Waals surface area contributed by atoms with Crippen molar-refractivity contribution in [1.82, 2.24) is 10.1 Å². The zero-order chi connectivity index (χ0) is 33.1. The van der Waals surface area contributed by atoms with Gasteiger partial charge in [-0.15, -0.1) is 11.6 Å². The van der Waals surface area contributed by atoms with Crippen LogP contribution < -0.4 is 22.1 Å². The Hall–Kier alpha value is -2.64. The van der Waals surface area contributed by atoms with Crippen LogP contribution in [0.15, 0.2) is 82.5 Å². The van der Waals surface area contributed by atoms with Gasteiger partial charge in [-0.2, -0.15) is 10.2 Å². The van der Waals surface area contributed by atoms with E-state index in [2.05, 4.69) is 85.9 Å². The van der Waals surface area contributed by atoms with Crippen LogP contribution >= 0.6 is 71.5 Å². The number of aromatic nitrogens is 2. The maximum atomic E-state index is 10.9. The van der Waals surface area contributed by atoms with E-state index in [1.54, 1.807) is 66.7 Å². The topological polar surface area (TPSA) is 206 Å². The third kappa shape index (κ3) is 17.0. The predicted octanol–water partition coefficient (Wildman–Crippen LogP) is 6.97. The number of oxime groups is 1. The van der Waals surface area contributed by atoms with Crippen LogP contribution in [0.2, 0.25) is 0 Å². The fraction of sp³-hybridized carbons (Fsp3) is 0.111. The normalized spacial score (nSPS) is 10.0. The fourth-order valence-electron chi connectivity index (χ4n) is 2.99. The Bertz CT molecular complexity index is 1580. The molecule has 0 bridgehead atoms. The van der Waals surface area contributed by atoms with E-state index in [4.69, 9.17) is 38.1 Å². The zero-order valence-corrected chi connectivity index (χ0v) is 31.8. The number of nitrogens with two attached hydrogens (primary N) is 2. The molecule has 1 heterocycles. The quantitative estimate of drug-likeness (QED) is 0.0266. The number of amidine groups is 1. The summed E-state index contributed by atoms with van der Waals surface area (Å²) >= 11 is 13.0. The summed E-state index contributed by atoms with van der Waals surface area (Å²) in [4.78, 5) is 25.5. The van der Waals surface area contributed by atoms with Crippen molar-refractivity contribution in [1.29, 1.82) is 5.26 Å². The zero-order valence-electron chi connectivity index (χ0n) is 23.2. The first-order valence-corrected chi connectivity index (χ1v) is 26.1. The van der Waals surface area contributed by atoms with Crippen LogP contribution in [0.4, 0.5) is 17.1 Å². The Morgan fingerprint density at radius 1 is 1.02 bits per heavy atom. The molecule has 1 aromatic heterocycles. The maximum absolute atomic E-state index is 10.9. The van der Waals surface area contributed by atoms with Gasteiger partial charge in [0.05, 0.1) is 11.6 Å². The first kappa shape index (κ1) is 39.4. The van der Waals surface area contributed by atoms with Gasteiger partial charge >= 0.3 is 64.9 Å². The molecule has 12 nitrogen and oxygen atoms in total. The number of nitrogen functional groups attached to an aromatic ring is 1. The van der Waals surface area contributed by atoms with Crippen molar-refractivity contribution in [2.24, 2.45) is 10.9 Å². The van der Waals surface area contributed by atoms with Crippen molar-refractivity contribution in [2.45, 2.75) is 19.7 Å². The summed E-state index contributed by atoms with van der Waals surface area (Å²) in [5, 5.41) is 28.7. The Labute approximate surface area is 297 Å². The molecule has 0 atom stereocenters. The van der Waals surface area contributed by atoms with Crippen LogP contribution in [-0.4, -0.2) is 33.0 Å². The molecule has 0 aliphatic rings. The third-order valence-corrected chi connectivity index (χ3v) is 4.85. The summed E-state index contributed by atoms with van der Waals surface area (Å²) in [5.74, 6) is 0.716. The van der Waals surface area contributed by atoms with Gasteiger partial charge in [-0.3, -0.25) is 9.59 Å². The first-order chi connectivity index (χ1) is 20.9. The number of carbonyl (C=O) groups excluding carboxylic acids is 2. The number of amides is 2. The summed E-state index contributed by atoms with van der Waals surface area (Å²) in [6, 6.07) is 22.8. The SMILES string of the molecule is CC(=O)Nc1cccc(-c2noc(CCl)n2)c1.CC(=O)Nc1cccc(/C(N)=N/O)c1.N#Cc1cccc(N)c1.[I][V]([I])[I]. The van der Waals surface area contributed by atoms with E-state index in [9.17, 15) is 9.59 Å². The number of nitriles is 1. The van der Waals surface area contributed by atoms with Crippen molar-refractivity contribution in [3.63, 3.8) is 0 Å². The second-order valence-corrected chi connectivity index (χ2v) is 43.7. The molecule has 4 rings (SSSR count). The average Bonchev–Trinajstić information content (AvgIpc) is 3.46. The van der Waals surface area contributed by atoms with Crippen LogP contribution in [0, 0.1) is 11.3 Å². The first-order valence-electron chi connectivity index (χ1n) is 12.0. The number of nitrogens with one attached hydrogen (secondary N) is 2. The molecule has 0 radical (unpaired) electrons. The average molecular weight is 995 g/mol. The van der Waals surface area contributed by atoms with Crippen LogP contribution in [0.5, 0.6) is 0 Å². The van der Waals surface area contributed by atoms with Crippen molar-refractivity contribution in [3.8, 4) is 17.5 Å². The number of alkyl halides is 1. The van der Waals surface area contributed by atoms with Gasteiger partial charge < -0.3 is 31.8 Å². The molecule has 0 unspecified atom stereocenters. The molecule has 0 aliphatic heterocycles. The third-order valence-electron chi connectivity index (χ3n) is 4.63. The number of rotatable bonds is 5. The van der Waals surface area contributed by atoms with Gasteiger partial charge in [-0.05, 0) is 42.5 Å². The molecule has 0 saturated heterocycles. The molecule has 17 heteroatoms. The number of nitrogens with zero attached hydrogens (tertiary/aromatic N) is 4. The van der Waals surface area contributed by atoms with Crippen LogP contribution in [0.3, 0.4) is 0 Å². The molecule has 2 amide bonds. The van der Waals surface area contributed by atoms with Crippen LogP contribution in [0.25, 0.3) is 11.4 Å². The van der Waals surface area contributed by atoms with E-state index in [0.29, 0.717) is 39.9 Å². The molecule has 3 aromatic carbocycles. The predicted molar refractivity (Wildman–Crippen MR) is 194 cm³/mol. The minimum absolute atomic E-state index is 0.0113. The summed E-state index contributed by atoms with van der Waals surface area (Å²) in [7, 11) is 0. The molecule has 4 aromatic rings. The second-order valence-electron chi connectivity index (χ2n) is 8.08. The van der Waals surface area contributed by atoms with E-state index < -0.39 is 0 Å². The monoisotopic (exact) mass is 994 g/mol. The summed E-state index contributed by atoms with van der Waals surface area (Å²) in [6.07, 6.45) is 0. The molecule has 0 saturated carbocycles. The molecule has 0 aliphatic carbocycles. The summed E-state index contributed by atoms with van der Waals surface area (Å²) in [6.45, 7) is 2.86. The van der Waals surface area contributed by atoms with Crippen LogP contribution in [0.1, 0.15) is 30.9 Å². The van der Waals surface area contributed by atoms with Crippen LogP contribution in [-0.2, 0) is 20.4 Å². The number of hydrogen-bond acceptors (Lipinski definition) is 9. The number of hydrogen-bond donors (Lipinski definition) is 5. The Morgan fingerprint density at radius 2 is 1.59 bits per heavy atom. The summed E-state index contributed by atoms with van der Waals surface area (Å²) in [5.41, 5.74) is 14.6. The Kier molecular flexibility index (Phi) is 19.7. The van der Waals surface area contributed by atoms with E-state index in [0.717, 1.165) is 5.56 Å². The summed E-state index contributed by atoms with van der Waals surface area (Å²) < 4.78 is 4.91. The van der Waals surface area contributed by atoms with E-state index >= 15 is 0 Å². The van der Waals surface area contributed by atoms with Gasteiger partial charge in [0, 0.05) is 42.0 Å². The number of halogens is 4. The minimum atomic E-state index is -0.278. The number of benzene rings is 3. The number of carbonyl (C=O) groups is 2. The molecular formula is C27H27ClI3N8O4V. The Balaban J connectivity index is 0.000000322. The molecule has 7 N–H and O–H groups in total. The molecule has 0 spiro atoms. The van der Waals surface area contributed by atoms with Crippen molar-refractivity contribution < 1.29 is 24.2 Å². The van der Waals surface area contributed by atoms with Gasteiger partial charge in [0.1, 0.15) is 5.88 Å². The van der Waals surface area contributed by atoms with Crippen molar-refractivity contribution in [2.75, 3.05) is 16.4 Å². The molecule has 0 fully saturated rings. The van der Waals surface area contributed by atoms with Gasteiger partial charge in [0.25, 0.3) is 0 Å². The van der Waals surface area contributed by atoms with Crippen molar-refractivity contribution in [3.05, 3.63) is 89.8 Å². The van der Waals surface area contributed by atoms with Gasteiger partial charge in [-0.1, -0.05) is 40.6 Å². The van der Waals surface area contributed by atoms with Gasteiger partial charge in [0.2, 0.25) is 23.5 Å². The molecule has 44 heavy (non-hydrogen) atoms. The number of anilines is 3. The van der Waals surface area contributed by atoms with E-state index in [1.165, 1.54) is 13.8 Å². The Morgan fingerprint density at radius 3 is 2.07 bits per heavy atom. The van der Waals surface area contributed by atoms with Gasteiger partial charge in [0.15, 0.2) is 5.84 Å². The molecular weight excluding hydrogens is 967 g/mol.